The highest BCUT2D eigenvalue weighted by molar-refractivity contribution is 7.80. The second kappa shape index (κ2) is 8.60. The average Bonchev–Trinajstić information content (AvgIpc) is 2.33. The molecule has 118 valence electrons. The van der Waals surface area contributed by atoms with Crippen LogP contribution < -0.4 is 5.73 Å². The number of rotatable bonds is 9. The van der Waals surface area contributed by atoms with Gasteiger partial charge in [-0.1, -0.05) is 52.8 Å². The fourth-order valence-electron chi connectivity index (χ4n) is 2.74. The molecular weight excluding hydrogens is 268 g/mol. The van der Waals surface area contributed by atoms with Gasteiger partial charge < -0.3 is 10.6 Å². The maximum atomic E-state index is 13.1. The first kappa shape index (κ1) is 19.4. The summed E-state index contributed by atoms with van der Waals surface area (Å²) in [5, 5.41) is 0. The minimum Gasteiger partial charge on any atom is -0.392 e. The molecule has 0 spiro atoms. The van der Waals surface area contributed by atoms with Gasteiger partial charge in [-0.05, 0) is 32.6 Å². The van der Waals surface area contributed by atoms with Crippen LogP contribution in [0.2, 0.25) is 0 Å². The van der Waals surface area contributed by atoms with Crippen molar-refractivity contribution in [2.45, 2.75) is 73.3 Å². The molecule has 0 fully saturated rings. The third-order valence-corrected chi connectivity index (χ3v) is 4.07. The molecule has 20 heavy (non-hydrogen) atoms. The zero-order valence-corrected chi connectivity index (χ0v) is 14.8. The van der Waals surface area contributed by atoms with Gasteiger partial charge in [0, 0.05) is 12.6 Å². The van der Waals surface area contributed by atoms with Crippen molar-refractivity contribution in [3.05, 3.63) is 0 Å². The summed E-state index contributed by atoms with van der Waals surface area (Å²) in [5.74, 6) is 0.561. The first-order valence-corrected chi connectivity index (χ1v) is 8.24. The van der Waals surface area contributed by atoms with E-state index in [0.29, 0.717) is 10.9 Å². The molecule has 0 aliphatic rings. The van der Waals surface area contributed by atoms with Crippen molar-refractivity contribution >= 4 is 23.1 Å². The molecule has 0 radical (unpaired) electrons. The summed E-state index contributed by atoms with van der Waals surface area (Å²) in [6, 6.07) is 0.173. The molecule has 1 amide bonds. The number of nitrogens with two attached hydrogens (primary N) is 1. The Labute approximate surface area is 130 Å². The van der Waals surface area contributed by atoms with Crippen LogP contribution in [0.3, 0.4) is 0 Å². The van der Waals surface area contributed by atoms with Crippen LogP contribution in [0.4, 0.5) is 0 Å². The summed E-state index contributed by atoms with van der Waals surface area (Å²) in [5.41, 5.74) is 5.34. The van der Waals surface area contributed by atoms with E-state index in [9.17, 15) is 4.79 Å². The molecule has 0 aromatic carbocycles. The lowest BCUT2D eigenvalue weighted by molar-refractivity contribution is -0.141. The maximum absolute atomic E-state index is 13.1. The number of amides is 1. The van der Waals surface area contributed by atoms with Gasteiger partial charge in [-0.25, -0.2) is 0 Å². The molecule has 0 heterocycles. The summed E-state index contributed by atoms with van der Waals surface area (Å²) in [6.07, 6.45) is 3.32. The number of nitrogens with zero attached hydrogens (tertiary/aromatic N) is 1. The Morgan fingerprint density at radius 3 is 1.85 bits per heavy atom. The van der Waals surface area contributed by atoms with Gasteiger partial charge in [0.1, 0.15) is 0 Å². The summed E-state index contributed by atoms with van der Waals surface area (Å²) < 4.78 is 0. The molecule has 0 atom stereocenters. The van der Waals surface area contributed by atoms with Crippen LogP contribution in [0.25, 0.3) is 0 Å². The van der Waals surface area contributed by atoms with Crippen LogP contribution in [-0.4, -0.2) is 28.4 Å². The van der Waals surface area contributed by atoms with Gasteiger partial charge in [0.25, 0.3) is 0 Å². The second-order valence-electron chi connectivity index (χ2n) is 6.39. The van der Waals surface area contributed by atoms with Crippen molar-refractivity contribution in [1.29, 1.82) is 0 Å². The number of thiocarbonyl (C=S) groups is 1. The maximum Gasteiger partial charge on any atom is 0.235 e. The van der Waals surface area contributed by atoms with E-state index < -0.39 is 5.41 Å². The Morgan fingerprint density at radius 1 is 1.15 bits per heavy atom. The molecule has 3 nitrogen and oxygen atoms in total. The average molecular weight is 301 g/mol. The Hall–Kier alpha value is -0.640. The van der Waals surface area contributed by atoms with Crippen LogP contribution in [0.1, 0.15) is 67.2 Å². The van der Waals surface area contributed by atoms with Crippen LogP contribution in [0, 0.1) is 11.3 Å². The van der Waals surface area contributed by atoms with Crippen molar-refractivity contribution in [2.75, 3.05) is 6.54 Å². The Kier molecular flexibility index (Phi) is 8.33. The van der Waals surface area contributed by atoms with Crippen molar-refractivity contribution in [2.24, 2.45) is 17.1 Å². The zero-order chi connectivity index (χ0) is 15.9. The van der Waals surface area contributed by atoms with Crippen LogP contribution in [-0.2, 0) is 4.79 Å². The monoisotopic (exact) mass is 300 g/mol. The summed E-state index contributed by atoms with van der Waals surface area (Å²) in [4.78, 5) is 15.4. The number of hydrogen-bond acceptors (Lipinski definition) is 2. The highest BCUT2D eigenvalue weighted by Crippen LogP contribution is 2.34. The fraction of sp³-hybridized carbons (Fsp3) is 0.875. The van der Waals surface area contributed by atoms with E-state index in [0.717, 1.165) is 32.2 Å². The number of carbonyl (C=O) groups is 1. The van der Waals surface area contributed by atoms with E-state index in [1.165, 1.54) is 0 Å². The molecule has 4 heteroatoms. The van der Waals surface area contributed by atoms with Gasteiger partial charge in [-0.15, -0.1) is 0 Å². The Bertz CT molecular complexity index is 320. The Morgan fingerprint density at radius 2 is 1.60 bits per heavy atom. The second-order valence-corrected chi connectivity index (χ2v) is 6.83. The van der Waals surface area contributed by atoms with Crippen molar-refractivity contribution < 1.29 is 4.79 Å². The van der Waals surface area contributed by atoms with Crippen molar-refractivity contribution in [3.8, 4) is 0 Å². The van der Waals surface area contributed by atoms with Gasteiger partial charge in [-0.3, -0.25) is 4.79 Å². The van der Waals surface area contributed by atoms with E-state index in [-0.39, 0.29) is 11.9 Å². The lowest BCUT2D eigenvalue weighted by Crippen LogP contribution is -2.53. The molecule has 0 bridgehead atoms. The number of carbonyl (C=O) groups excluding carboxylic acids is 1. The molecule has 0 aromatic rings. The van der Waals surface area contributed by atoms with Gasteiger partial charge >= 0.3 is 0 Å². The predicted octanol–water partition coefficient (Wildman–Crippen LogP) is 3.75. The van der Waals surface area contributed by atoms with Gasteiger partial charge in [-0.2, -0.15) is 0 Å². The molecule has 0 unspecified atom stereocenters. The molecule has 0 aliphatic carbocycles. The third-order valence-electron chi connectivity index (χ3n) is 3.68. The van der Waals surface area contributed by atoms with Gasteiger partial charge in [0.15, 0.2) is 0 Å². The minimum atomic E-state index is -0.655. The SMILES string of the molecule is CCCC(CCC)(C(=O)N(CC(C)C)C(C)C)C(N)=S. The van der Waals surface area contributed by atoms with E-state index in [2.05, 4.69) is 41.5 Å². The van der Waals surface area contributed by atoms with E-state index in [1.54, 1.807) is 0 Å². The smallest absolute Gasteiger partial charge is 0.235 e. The summed E-state index contributed by atoms with van der Waals surface area (Å²) in [6.45, 7) is 13.3. The molecule has 0 saturated heterocycles. The lowest BCUT2D eigenvalue weighted by atomic mass is 9.77. The first-order chi connectivity index (χ1) is 9.22. The molecule has 0 aromatic heterocycles. The van der Waals surface area contributed by atoms with Crippen molar-refractivity contribution in [1.82, 2.24) is 4.90 Å². The van der Waals surface area contributed by atoms with E-state index in [1.807, 2.05) is 4.90 Å². The molecular formula is C16H32N2OS. The van der Waals surface area contributed by atoms with Crippen LogP contribution >= 0.6 is 12.2 Å². The lowest BCUT2D eigenvalue weighted by Gasteiger charge is -2.39. The molecule has 2 N–H and O–H groups in total. The molecule has 0 saturated carbocycles. The predicted molar refractivity (Wildman–Crippen MR) is 90.7 cm³/mol. The van der Waals surface area contributed by atoms with Gasteiger partial charge in [0.05, 0.1) is 10.4 Å². The minimum absolute atomic E-state index is 0.123. The largest absolute Gasteiger partial charge is 0.392 e. The standard InChI is InChI=1S/C16H32N2OS/c1-7-9-16(10-8-2,14(17)20)15(19)18(13(5)6)11-12(3)4/h12-13H,7-11H2,1-6H3,(H2,17,20). The molecule has 0 rings (SSSR count). The normalized spacial score (nSPS) is 12.0. The summed E-state index contributed by atoms with van der Waals surface area (Å²) in [7, 11) is 0. The van der Waals surface area contributed by atoms with Crippen molar-refractivity contribution in [3.63, 3.8) is 0 Å². The first-order valence-electron chi connectivity index (χ1n) is 7.83. The Balaban J connectivity index is 5.51. The van der Waals surface area contributed by atoms with Gasteiger partial charge in [0.2, 0.25) is 5.91 Å². The number of hydrogen-bond donors (Lipinski definition) is 1. The molecule has 0 aliphatic heterocycles. The van der Waals surface area contributed by atoms with Crippen LogP contribution in [0.15, 0.2) is 0 Å². The van der Waals surface area contributed by atoms with E-state index in [4.69, 9.17) is 18.0 Å². The third kappa shape index (κ3) is 4.72. The van der Waals surface area contributed by atoms with E-state index >= 15 is 0 Å². The summed E-state index contributed by atoms with van der Waals surface area (Å²) >= 11 is 5.29. The highest BCUT2D eigenvalue weighted by Gasteiger charge is 2.43. The zero-order valence-electron chi connectivity index (χ0n) is 14.0. The topological polar surface area (TPSA) is 46.3 Å². The van der Waals surface area contributed by atoms with Crippen LogP contribution in [0.5, 0.6) is 0 Å². The highest BCUT2D eigenvalue weighted by atomic mass is 32.1. The quantitative estimate of drug-likeness (QED) is 0.660. The fourth-order valence-corrected chi connectivity index (χ4v) is 3.03.